The third kappa shape index (κ3) is 4.18. The first-order chi connectivity index (χ1) is 7.13. The van der Waals surface area contributed by atoms with E-state index < -0.39 is 5.97 Å². The van der Waals surface area contributed by atoms with Gasteiger partial charge in [0.25, 0.3) is 0 Å². The predicted molar refractivity (Wildman–Crippen MR) is 55.2 cm³/mol. The van der Waals surface area contributed by atoms with Crippen molar-refractivity contribution in [2.24, 2.45) is 5.92 Å². The monoisotopic (exact) mass is 214 g/mol. The van der Waals surface area contributed by atoms with Gasteiger partial charge in [-0.25, -0.2) is 0 Å². The Labute approximate surface area is 91.0 Å². The summed E-state index contributed by atoms with van der Waals surface area (Å²) in [5, 5.41) is 13.8. The van der Waals surface area contributed by atoms with Crippen LogP contribution in [0.4, 0.5) is 0 Å². The van der Waals surface area contributed by atoms with Crippen LogP contribution in [0.1, 0.15) is 32.6 Å². The Morgan fingerprint density at radius 2 is 2.33 bits per heavy atom. The number of likely N-dealkylation sites (N-methyl/N-ethyl adjacent to an activating group) is 1. The van der Waals surface area contributed by atoms with E-state index in [4.69, 9.17) is 4.74 Å². The SMILES string of the molecule is CNC(C)COC1CCCC(C(=O)[O-])C1. The van der Waals surface area contributed by atoms with Gasteiger partial charge < -0.3 is 20.0 Å². The summed E-state index contributed by atoms with van der Waals surface area (Å²) in [5.74, 6) is -1.24. The molecule has 3 atom stereocenters. The second kappa shape index (κ2) is 6.08. The van der Waals surface area contributed by atoms with Gasteiger partial charge in [0.1, 0.15) is 0 Å². The average Bonchev–Trinajstić information content (AvgIpc) is 2.26. The summed E-state index contributed by atoms with van der Waals surface area (Å²) in [4.78, 5) is 10.7. The second-order valence-electron chi connectivity index (χ2n) is 4.33. The van der Waals surface area contributed by atoms with E-state index in [0.717, 1.165) is 19.3 Å². The fraction of sp³-hybridized carbons (Fsp3) is 0.909. The number of nitrogens with one attached hydrogen (secondary N) is 1. The minimum Gasteiger partial charge on any atom is -0.550 e. The van der Waals surface area contributed by atoms with Crippen molar-refractivity contribution in [3.8, 4) is 0 Å². The fourth-order valence-electron chi connectivity index (χ4n) is 1.87. The second-order valence-corrected chi connectivity index (χ2v) is 4.33. The topological polar surface area (TPSA) is 61.4 Å². The van der Waals surface area contributed by atoms with Gasteiger partial charge in [-0.3, -0.25) is 0 Å². The van der Waals surface area contributed by atoms with Crippen molar-refractivity contribution >= 4 is 5.97 Å². The molecule has 1 saturated carbocycles. The quantitative estimate of drug-likeness (QED) is 0.695. The van der Waals surface area contributed by atoms with Gasteiger partial charge in [0.15, 0.2) is 0 Å². The third-order valence-corrected chi connectivity index (χ3v) is 3.03. The summed E-state index contributed by atoms with van der Waals surface area (Å²) in [6.45, 7) is 2.68. The largest absolute Gasteiger partial charge is 0.550 e. The number of aliphatic carboxylic acids is 1. The maximum atomic E-state index is 10.7. The molecule has 1 fully saturated rings. The van der Waals surface area contributed by atoms with Crippen LogP contribution in [-0.2, 0) is 9.53 Å². The number of hydrogen-bond donors (Lipinski definition) is 1. The van der Waals surface area contributed by atoms with E-state index in [1.165, 1.54) is 0 Å². The predicted octanol–water partition coefficient (Wildman–Crippen LogP) is -0.0804. The van der Waals surface area contributed by atoms with Crippen LogP contribution in [0.15, 0.2) is 0 Å². The van der Waals surface area contributed by atoms with Crippen molar-refractivity contribution in [3.05, 3.63) is 0 Å². The Hall–Kier alpha value is -0.610. The summed E-state index contributed by atoms with van der Waals surface area (Å²) >= 11 is 0. The Kier molecular flexibility index (Phi) is 5.05. The maximum absolute atomic E-state index is 10.7. The summed E-state index contributed by atoms with van der Waals surface area (Å²) in [6, 6.07) is 0.313. The van der Waals surface area contributed by atoms with Gasteiger partial charge in [0, 0.05) is 17.9 Å². The zero-order valence-electron chi connectivity index (χ0n) is 9.49. The van der Waals surface area contributed by atoms with Crippen molar-refractivity contribution < 1.29 is 14.6 Å². The number of ether oxygens (including phenoxy) is 1. The van der Waals surface area contributed by atoms with Crippen LogP contribution >= 0.6 is 0 Å². The molecule has 0 saturated heterocycles. The molecule has 0 amide bonds. The minimum atomic E-state index is -0.926. The molecule has 1 aliphatic rings. The fourth-order valence-corrected chi connectivity index (χ4v) is 1.87. The molecule has 4 nitrogen and oxygen atoms in total. The van der Waals surface area contributed by atoms with Crippen molar-refractivity contribution in [2.45, 2.75) is 44.8 Å². The van der Waals surface area contributed by atoms with E-state index in [9.17, 15) is 9.90 Å². The number of carbonyl (C=O) groups is 1. The molecule has 0 aromatic carbocycles. The van der Waals surface area contributed by atoms with Gasteiger partial charge in [0.05, 0.1) is 12.7 Å². The molecule has 0 aromatic rings. The van der Waals surface area contributed by atoms with Crippen LogP contribution in [-0.4, -0.2) is 31.8 Å². The Bertz CT molecular complexity index is 208. The molecule has 0 radical (unpaired) electrons. The summed E-state index contributed by atoms with van der Waals surface area (Å²) < 4.78 is 5.66. The summed E-state index contributed by atoms with van der Waals surface area (Å²) in [5.41, 5.74) is 0. The lowest BCUT2D eigenvalue weighted by Gasteiger charge is -2.30. The third-order valence-electron chi connectivity index (χ3n) is 3.03. The number of hydrogen-bond acceptors (Lipinski definition) is 4. The lowest BCUT2D eigenvalue weighted by Crippen LogP contribution is -2.38. The van der Waals surface area contributed by atoms with Gasteiger partial charge in [-0.15, -0.1) is 0 Å². The standard InChI is InChI=1S/C11H21NO3/c1-8(12-2)7-15-10-5-3-4-9(6-10)11(13)14/h8-10,12H,3-7H2,1-2H3,(H,13,14)/p-1. The molecular formula is C11H20NO3-. The van der Waals surface area contributed by atoms with Crippen LogP contribution in [0.3, 0.4) is 0 Å². The molecule has 0 aromatic heterocycles. The molecular weight excluding hydrogens is 194 g/mol. The smallest absolute Gasteiger partial charge is 0.0620 e. The minimum absolute atomic E-state index is 0.0949. The van der Waals surface area contributed by atoms with Crippen LogP contribution in [0, 0.1) is 5.92 Å². The molecule has 15 heavy (non-hydrogen) atoms. The molecule has 1 N–H and O–H groups in total. The van der Waals surface area contributed by atoms with E-state index in [0.29, 0.717) is 19.1 Å². The normalized spacial score (nSPS) is 28.7. The van der Waals surface area contributed by atoms with E-state index in [2.05, 4.69) is 5.32 Å². The van der Waals surface area contributed by atoms with Crippen LogP contribution < -0.4 is 10.4 Å². The maximum Gasteiger partial charge on any atom is 0.0620 e. The first kappa shape index (κ1) is 12.5. The van der Waals surface area contributed by atoms with E-state index in [-0.39, 0.29) is 12.0 Å². The first-order valence-corrected chi connectivity index (χ1v) is 5.63. The molecule has 0 aliphatic heterocycles. The highest BCUT2D eigenvalue weighted by atomic mass is 16.5. The highest BCUT2D eigenvalue weighted by molar-refractivity contribution is 5.67. The van der Waals surface area contributed by atoms with Gasteiger partial charge in [-0.2, -0.15) is 0 Å². The Balaban J connectivity index is 2.27. The lowest BCUT2D eigenvalue weighted by atomic mass is 9.87. The number of carboxylic acid groups (broad SMARTS) is 1. The van der Waals surface area contributed by atoms with E-state index in [1.54, 1.807) is 0 Å². The number of carbonyl (C=O) groups excluding carboxylic acids is 1. The van der Waals surface area contributed by atoms with E-state index >= 15 is 0 Å². The number of carboxylic acids is 1. The zero-order chi connectivity index (χ0) is 11.3. The average molecular weight is 214 g/mol. The lowest BCUT2D eigenvalue weighted by molar-refractivity contribution is -0.313. The van der Waals surface area contributed by atoms with Gasteiger partial charge >= 0.3 is 0 Å². The van der Waals surface area contributed by atoms with Crippen molar-refractivity contribution in [1.82, 2.24) is 5.32 Å². The van der Waals surface area contributed by atoms with Crippen molar-refractivity contribution in [2.75, 3.05) is 13.7 Å². The molecule has 88 valence electrons. The van der Waals surface area contributed by atoms with Crippen LogP contribution in [0.25, 0.3) is 0 Å². The van der Waals surface area contributed by atoms with E-state index in [1.807, 2.05) is 14.0 Å². The summed E-state index contributed by atoms with van der Waals surface area (Å²) in [6.07, 6.45) is 3.34. The van der Waals surface area contributed by atoms with Gasteiger partial charge in [0.2, 0.25) is 0 Å². The molecule has 3 unspecified atom stereocenters. The van der Waals surface area contributed by atoms with Crippen molar-refractivity contribution in [1.29, 1.82) is 0 Å². The van der Waals surface area contributed by atoms with Gasteiger partial charge in [-0.05, 0) is 33.2 Å². The molecule has 0 spiro atoms. The molecule has 0 bridgehead atoms. The molecule has 4 heteroatoms. The van der Waals surface area contributed by atoms with Crippen LogP contribution in [0.2, 0.25) is 0 Å². The molecule has 1 rings (SSSR count). The highest BCUT2D eigenvalue weighted by Crippen LogP contribution is 2.25. The van der Waals surface area contributed by atoms with Gasteiger partial charge in [-0.1, -0.05) is 6.42 Å². The Morgan fingerprint density at radius 3 is 2.93 bits per heavy atom. The molecule has 0 heterocycles. The molecule has 1 aliphatic carbocycles. The van der Waals surface area contributed by atoms with Crippen LogP contribution in [0.5, 0.6) is 0 Å². The van der Waals surface area contributed by atoms with Crippen molar-refractivity contribution in [3.63, 3.8) is 0 Å². The Morgan fingerprint density at radius 1 is 1.60 bits per heavy atom. The number of rotatable bonds is 5. The zero-order valence-corrected chi connectivity index (χ0v) is 9.49. The summed E-state index contributed by atoms with van der Waals surface area (Å²) in [7, 11) is 1.89. The highest BCUT2D eigenvalue weighted by Gasteiger charge is 2.23. The first-order valence-electron chi connectivity index (χ1n) is 5.63.